The van der Waals surface area contributed by atoms with E-state index < -0.39 is 0 Å². The lowest BCUT2D eigenvalue weighted by Gasteiger charge is -2.35. The van der Waals surface area contributed by atoms with E-state index in [2.05, 4.69) is 41.0 Å². The molecule has 1 aliphatic heterocycles. The minimum Gasteiger partial charge on any atom is -0.492 e. The number of rotatable bonds is 10. The highest BCUT2D eigenvalue weighted by Crippen LogP contribution is 2.37. The second-order valence-electron chi connectivity index (χ2n) is 9.73. The van der Waals surface area contributed by atoms with Crippen molar-refractivity contribution in [1.82, 2.24) is 19.8 Å². The van der Waals surface area contributed by atoms with Gasteiger partial charge in [0.25, 0.3) is 5.91 Å². The third kappa shape index (κ3) is 6.06. The number of fused-ring (bicyclic) bond motifs is 1. The van der Waals surface area contributed by atoms with Gasteiger partial charge >= 0.3 is 0 Å². The molecule has 0 radical (unpaired) electrons. The summed E-state index contributed by atoms with van der Waals surface area (Å²) in [5.74, 6) is 0.388. The van der Waals surface area contributed by atoms with Gasteiger partial charge in [0.05, 0.1) is 24.9 Å². The van der Waals surface area contributed by atoms with Crippen LogP contribution in [0, 0.1) is 11.3 Å². The van der Waals surface area contributed by atoms with E-state index >= 15 is 0 Å². The number of aliphatic hydroxyl groups excluding tert-OH is 1. The maximum atomic E-state index is 14.0. The van der Waals surface area contributed by atoms with Gasteiger partial charge in [-0.25, -0.2) is 4.98 Å². The number of benzene rings is 1. The lowest BCUT2D eigenvalue weighted by atomic mass is 9.87. The Morgan fingerprint density at radius 1 is 1.15 bits per heavy atom. The highest BCUT2D eigenvalue weighted by molar-refractivity contribution is 6.32. The molecule has 9 heteroatoms. The van der Waals surface area contributed by atoms with Gasteiger partial charge in [-0.15, -0.1) is 0 Å². The molecule has 0 aliphatic carbocycles. The number of hydrogen-bond donors (Lipinski definition) is 1. The van der Waals surface area contributed by atoms with Crippen molar-refractivity contribution < 1.29 is 14.6 Å². The lowest BCUT2D eigenvalue weighted by molar-refractivity contribution is 0.0669. The first-order chi connectivity index (χ1) is 18.8. The standard InChI is InChI=1S/C30H34ClN5O3/c1-5-35(4)9-7-20-11-24(25-13-21(18-37)16-34-29(25)31)23-8-10-36(30(38)26(23)12-20)19(3)27-14-28(39-6-2)22(15-32)17-33-27/h11-14,16-17,19,37H,5-10,18H2,1-4H3/t19-/m0/s1. The zero-order valence-electron chi connectivity index (χ0n) is 22.9. The third-order valence-corrected chi connectivity index (χ3v) is 7.60. The number of aliphatic hydroxyl groups is 1. The Bertz CT molecular complexity index is 1400. The van der Waals surface area contributed by atoms with E-state index in [0.717, 1.165) is 41.8 Å². The van der Waals surface area contributed by atoms with Crippen molar-refractivity contribution in [1.29, 1.82) is 5.26 Å². The second kappa shape index (κ2) is 12.6. The van der Waals surface area contributed by atoms with E-state index in [9.17, 15) is 15.2 Å². The van der Waals surface area contributed by atoms with E-state index in [-0.39, 0.29) is 18.6 Å². The number of carbonyl (C=O) groups is 1. The summed E-state index contributed by atoms with van der Waals surface area (Å²) < 4.78 is 5.65. The van der Waals surface area contributed by atoms with E-state index in [1.165, 1.54) is 6.20 Å². The molecule has 2 aromatic heterocycles. The van der Waals surface area contributed by atoms with Gasteiger partial charge in [-0.3, -0.25) is 9.78 Å². The number of carbonyl (C=O) groups excluding carboxylic acids is 1. The lowest BCUT2D eigenvalue weighted by Crippen LogP contribution is -2.40. The molecule has 0 spiro atoms. The van der Waals surface area contributed by atoms with Crippen LogP contribution in [0.15, 0.2) is 36.7 Å². The molecule has 1 atom stereocenters. The highest BCUT2D eigenvalue weighted by Gasteiger charge is 2.32. The SMILES string of the molecule is CCOc1cc([C@H](C)N2CCc3c(cc(CCN(C)CC)cc3-c3cc(CO)cnc3Cl)C2=O)ncc1C#N. The van der Waals surface area contributed by atoms with Crippen molar-refractivity contribution in [2.24, 2.45) is 0 Å². The van der Waals surface area contributed by atoms with Crippen LogP contribution in [0.5, 0.6) is 5.75 Å². The van der Waals surface area contributed by atoms with Crippen LogP contribution >= 0.6 is 11.6 Å². The van der Waals surface area contributed by atoms with Crippen LogP contribution < -0.4 is 4.74 Å². The number of pyridine rings is 2. The Morgan fingerprint density at radius 3 is 2.59 bits per heavy atom. The molecule has 39 heavy (non-hydrogen) atoms. The fraction of sp³-hybridized carbons (Fsp3) is 0.400. The largest absolute Gasteiger partial charge is 0.492 e. The van der Waals surface area contributed by atoms with Gasteiger partial charge in [-0.2, -0.15) is 5.26 Å². The molecule has 204 valence electrons. The summed E-state index contributed by atoms with van der Waals surface area (Å²) in [6, 6.07) is 9.50. The smallest absolute Gasteiger partial charge is 0.254 e. The molecule has 1 aliphatic rings. The van der Waals surface area contributed by atoms with Gasteiger partial charge in [0, 0.05) is 42.7 Å². The van der Waals surface area contributed by atoms with Crippen LogP contribution in [0.1, 0.15) is 65.1 Å². The summed E-state index contributed by atoms with van der Waals surface area (Å²) in [5, 5.41) is 19.5. The Balaban J connectivity index is 1.76. The minimum absolute atomic E-state index is 0.0813. The number of hydrogen-bond acceptors (Lipinski definition) is 7. The normalized spacial score (nSPS) is 13.8. The molecule has 1 N–H and O–H groups in total. The Kier molecular flexibility index (Phi) is 9.18. The van der Waals surface area contributed by atoms with Crippen LogP contribution in [-0.4, -0.2) is 64.1 Å². The maximum absolute atomic E-state index is 14.0. The second-order valence-corrected chi connectivity index (χ2v) is 10.1. The average molecular weight is 548 g/mol. The molecule has 1 aromatic carbocycles. The van der Waals surface area contributed by atoms with Gasteiger partial charge in [-0.1, -0.05) is 24.6 Å². The monoisotopic (exact) mass is 547 g/mol. The van der Waals surface area contributed by atoms with Crippen LogP contribution in [0.3, 0.4) is 0 Å². The first-order valence-corrected chi connectivity index (χ1v) is 13.6. The first kappa shape index (κ1) is 28.5. The molecule has 3 aromatic rings. The molecule has 8 nitrogen and oxygen atoms in total. The molecule has 0 unspecified atom stereocenters. The minimum atomic E-state index is -0.320. The Hall–Kier alpha value is -3.51. The van der Waals surface area contributed by atoms with Gasteiger partial charge < -0.3 is 19.6 Å². The summed E-state index contributed by atoms with van der Waals surface area (Å²) in [6.45, 7) is 8.47. The fourth-order valence-corrected chi connectivity index (χ4v) is 5.08. The van der Waals surface area contributed by atoms with Crippen LogP contribution in [0.2, 0.25) is 5.15 Å². The van der Waals surface area contributed by atoms with Gasteiger partial charge in [0.1, 0.15) is 22.5 Å². The quantitative estimate of drug-likeness (QED) is 0.363. The highest BCUT2D eigenvalue weighted by atomic mass is 35.5. The molecule has 0 bridgehead atoms. The van der Waals surface area contributed by atoms with Gasteiger partial charge in [0.15, 0.2) is 0 Å². The number of nitrogens with zero attached hydrogens (tertiary/aromatic N) is 5. The molecule has 0 saturated carbocycles. The summed E-state index contributed by atoms with van der Waals surface area (Å²) in [5.41, 5.74) is 5.89. The predicted molar refractivity (Wildman–Crippen MR) is 151 cm³/mol. The first-order valence-electron chi connectivity index (χ1n) is 13.2. The number of likely N-dealkylation sites (N-methyl/N-ethyl adjacent to an activating group) is 1. The number of nitriles is 1. The summed E-state index contributed by atoms with van der Waals surface area (Å²) in [7, 11) is 2.07. The van der Waals surface area contributed by atoms with Crippen molar-refractivity contribution in [3.05, 3.63) is 75.3 Å². The molecule has 0 saturated heterocycles. The van der Waals surface area contributed by atoms with Crippen LogP contribution in [-0.2, 0) is 19.4 Å². The molecular weight excluding hydrogens is 514 g/mol. The number of halogens is 1. The zero-order chi connectivity index (χ0) is 28.1. The molecule has 3 heterocycles. The number of ether oxygens (including phenoxy) is 1. The average Bonchev–Trinajstić information content (AvgIpc) is 2.96. The van der Waals surface area contributed by atoms with E-state index in [0.29, 0.717) is 52.9 Å². The number of aromatic nitrogens is 2. The van der Waals surface area contributed by atoms with Gasteiger partial charge in [0.2, 0.25) is 0 Å². The number of amides is 1. The predicted octanol–water partition coefficient (Wildman–Crippen LogP) is 4.81. The van der Waals surface area contributed by atoms with E-state index in [4.69, 9.17) is 16.3 Å². The van der Waals surface area contributed by atoms with Crippen LogP contribution in [0.4, 0.5) is 0 Å². The summed E-state index contributed by atoms with van der Waals surface area (Å²) in [4.78, 5) is 26.8. The van der Waals surface area contributed by atoms with E-state index in [1.807, 2.05) is 30.9 Å². The van der Waals surface area contributed by atoms with Crippen molar-refractivity contribution in [2.45, 2.75) is 46.3 Å². The third-order valence-electron chi connectivity index (χ3n) is 7.30. The summed E-state index contributed by atoms with van der Waals surface area (Å²) in [6.07, 6.45) is 4.47. The van der Waals surface area contributed by atoms with Crippen LogP contribution in [0.25, 0.3) is 11.1 Å². The molecule has 1 amide bonds. The Morgan fingerprint density at radius 2 is 1.90 bits per heavy atom. The topological polar surface area (TPSA) is 103 Å². The molecular formula is C30H34ClN5O3. The summed E-state index contributed by atoms with van der Waals surface area (Å²) >= 11 is 6.55. The maximum Gasteiger partial charge on any atom is 0.254 e. The van der Waals surface area contributed by atoms with E-state index in [1.54, 1.807) is 12.3 Å². The zero-order valence-corrected chi connectivity index (χ0v) is 23.6. The van der Waals surface area contributed by atoms with Crippen molar-refractivity contribution in [3.63, 3.8) is 0 Å². The molecule has 4 rings (SSSR count). The fourth-order valence-electron chi connectivity index (χ4n) is 4.88. The Labute approximate surface area is 234 Å². The molecule has 0 fully saturated rings. The van der Waals surface area contributed by atoms with Crippen molar-refractivity contribution in [3.8, 4) is 22.9 Å². The van der Waals surface area contributed by atoms with Crippen molar-refractivity contribution >= 4 is 17.5 Å². The van der Waals surface area contributed by atoms with Crippen molar-refractivity contribution in [2.75, 3.05) is 33.3 Å². The van der Waals surface area contributed by atoms with Gasteiger partial charge in [-0.05, 0) is 74.7 Å².